The van der Waals surface area contributed by atoms with Gasteiger partial charge in [0, 0.05) is 36.7 Å². The monoisotopic (exact) mass is 500 g/mol. The zero-order valence-electron chi connectivity index (χ0n) is 22.4. The van der Waals surface area contributed by atoms with Gasteiger partial charge in [-0.1, -0.05) is 26.8 Å². The highest BCUT2D eigenvalue weighted by Crippen LogP contribution is 2.64. The van der Waals surface area contributed by atoms with Crippen LogP contribution in [0, 0.1) is 5.92 Å². The summed E-state index contributed by atoms with van der Waals surface area (Å²) in [5, 5.41) is -0.0879. The van der Waals surface area contributed by atoms with Crippen molar-refractivity contribution in [3.63, 3.8) is 0 Å². The van der Waals surface area contributed by atoms with Crippen molar-refractivity contribution in [1.29, 1.82) is 0 Å². The van der Waals surface area contributed by atoms with Gasteiger partial charge < -0.3 is 18.8 Å². The lowest BCUT2D eigenvalue weighted by molar-refractivity contribution is -0.175. The smallest absolute Gasteiger partial charge is 0.339 e. The van der Waals surface area contributed by atoms with Crippen molar-refractivity contribution in [2.45, 2.75) is 81.3 Å². The Kier molecular flexibility index (Phi) is 5.52. The molecule has 35 heavy (non-hydrogen) atoms. The molecular weight excluding hydrogens is 460 g/mol. The number of hydrogen-bond donors (Lipinski definition) is 0. The van der Waals surface area contributed by atoms with E-state index >= 15 is 0 Å². The van der Waals surface area contributed by atoms with Gasteiger partial charge in [-0.3, -0.25) is 9.69 Å². The Morgan fingerprint density at radius 1 is 1.20 bits per heavy atom. The van der Waals surface area contributed by atoms with Gasteiger partial charge >= 0.3 is 5.97 Å². The molecule has 1 aromatic rings. The van der Waals surface area contributed by atoms with Gasteiger partial charge in [-0.15, -0.1) is 0 Å². The van der Waals surface area contributed by atoms with Crippen LogP contribution >= 0.6 is 0 Å². The van der Waals surface area contributed by atoms with Gasteiger partial charge in [0.2, 0.25) is 0 Å². The van der Waals surface area contributed by atoms with Crippen LogP contribution in [0.1, 0.15) is 45.6 Å². The largest absolute Gasteiger partial charge is 0.497 e. The average molecular weight is 501 g/mol. The molecule has 1 saturated carbocycles. The quantitative estimate of drug-likeness (QED) is 0.461. The van der Waals surface area contributed by atoms with E-state index in [1.54, 1.807) is 7.11 Å². The van der Waals surface area contributed by atoms with Crippen LogP contribution in [0.25, 0.3) is 0 Å². The molecule has 3 heterocycles. The fraction of sp³-hybridized carbons (Fsp3) is 0.704. The highest BCUT2D eigenvalue weighted by Gasteiger charge is 2.74. The van der Waals surface area contributed by atoms with Gasteiger partial charge in [0.05, 0.1) is 26.8 Å². The number of piperidine rings is 1. The number of methoxy groups -OCH3 is 2. The molecule has 0 N–H and O–H groups in total. The Balaban J connectivity index is 1.77. The van der Waals surface area contributed by atoms with Crippen LogP contribution in [0.15, 0.2) is 18.2 Å². The standard InChI is InChI=1S/C27H40N2O5Si/c1-25(2,3)35(7,8)34-27(24(31)33-6)15-17-13-18(30)16-29-12-11-26(22(17)29)20-10-9-19(32-5)14-21(20)28(4)23(26)27/h9-10,14,17,22-23H,11-13,15-16H2,1-8H3/t17-,22-,23+,26+,27+/m0/s1. The molecule has 3 aliphatic heterocycles. The maximum absolute atomic E-state index is 14.0. The summed E-state index contributed by atoms with van der Waals surface area (Å²) in [6.45, 7) is 12.4. The summed E-state index contributed by atoms with van der Waals surface area (Å²) in [6.07, 6.45) is 1.88. The van der Waals surface area contributed by atoms with E-state index in [0.717, 1.165) is 24.4 Å². The van der Waals surface area contributed by atoms with E-state index in [4.69, 9.17) is 13.9 Å². The first kappa shape index (κ1) is 24.8. The summed E-state index contributed by atoms with van der Waals surface area (Å²) in [7, 11) is 2.82. The minimum atomic E-state index is -2.41. The van der Waals surface area contributed by atoms with Crippen molar-refractivity contribution in [3.8, 4) is 5.75 Å². The van der Waals surface area contributed by atoms with Gasteiger partial charge in [0.1, 0.15) is 11.5 Å². The molecule has 1 aliphatic carbocycles. The Morgan fingerprint density at radius 3 is 2.54 bits per heavy atom. The highest BCUT2D eigenvalue weighted by molar-refractivity contribution is 6.74. The van der Waals surface area contributed by atoms with E-state index in [-0.39, 0.29) is 40.2 Å². The Bertz CT molecular complexity index is 1070. The number of carbonyl (C=O) groups is 2. The number of Topliss-reactive ketones (excluding diaryl/α,β-unsaturated/α-hetero) is 1. The predicted octanol–water partition coefficient (Wildman–Crippen LogP) is 3.75. The second-order valence-electron chi connectivity index (χ2n) is 12.6. The Labute approximate surface area is 210 Å². The summed E-state index contributed by atoms with van der Waals surface area (Å²) in [5.74, 6) is 0.785. The van der Waals surface area contributed by atoms with Gasteiger partial charge in [-0.05, 0) is 55.1 Å². The van der Waals surface area contributed by atoms with Gasteiger partial charge in [0.25, 0.3) is 0 Å². The molecule has 3 fully saturated rings. The molecule has 192 valence electrons. The normalized spacial score (nSPS) is 34.3. The third-order valence-electron chi connectivity index (χ3n) is 9.79. The van der Waals surface area contributed by atoms with Gasteiger partial charge in [-0.2, -0.15) is 0 Å². The van der Waals surface area contributed by atoms with Crippen molar-refractivity contribution in [1.82, 2.24) is 4.90 Å². The van der Waals surface area contributed by atoms with Crippen LogP contribution in [0.3, 0.4) is 0 Å². The molecule has 0 unspecified atom stereocenters. The number of fused-ring (bicyclic) bond motifs is 1. The van der Waals surface area contributed by atoms with Crippen LogP contribution in [-0.4, -0.2) is 77.0 Å². The fourth-order valence-electron chi connectivity index (χ4n) is 7.61. The summed E-state index contributed by atoms with van der Waals surface area (Å²) in [5.41, 5.74) is 0.842. The van der Waals surface area contributed by atoms with Crippen LogP contribution in [0.2, 0.25) is 18.1 Å². The van der Waals surface area contributed by atoms with Gasteiger partial charge in [0.15, 0.2) is 13.9 Å². The number of rotatable bonds is 4. The third-order valence-corrected chi connectivity index (χ3v) is 14.3. The zero-order chi connectivity index (χ0) is 25.6. The topological polar surface area (TPSA) is 68.3 Å². The third kappa shape index (κ3) is 3.21. The lowest BCUT2D eigenvalue weighted by atomic mass is 9.54. The maximum Gasteiger partial charge on any atom is 0.339 e. The van der Waals surface area contributed by atoms with Crippen molar-refractivity contribution in [2.24, 2.45) is 5.92 Å². The number of ether oxygens (including phenoxy) is 2. The maximum atomic E-state index is 14.0. The van der Waals surface area contributed by atoms with E-state index in [1.807, 2.05) is 6.07 Å². The van der Waals surface area contributed by atoms with E-state index in [9.17, 15) is 9.59 Å². The second kappa shape index (κ2) is 7.80. The first-order valence-electron chi connectivity index (χ1n) is 12.8. The van der Waals surface area contributed by atoms with E-state index < -0.39 is 13.9 Å². The SMILES string of the molecule is COC(=O)[C@@]1(O[Si](C)(C)C(C)(C)C)C[C@@H]2CC(=O)CN3CC[C@@]4(c5ccc(OC)cc5N(C)[C@H]41)[C@H]23. The molecule has 1 spiro atoms. The number of hydrogen-bond acceptors (Lipinski definition) is 7. The number of nitrogens with zero attached hydrogens (tertiary/aromatic N) is 2. The summed E-state index contributed by atoms with van der Waals surface area (Å²) in [6, 6.07) is 6.27. The van der Waals surface area contributed by atoms with Crippen LogP contribution < -0.4 is 9.64 Å². The highest BCUT2D eigenvalue weighted by atomic mass is 28.4. The molecule has 0 radical (unpaired) electrons. The van der Waals surface area contributed by atoms with E-state index in [1.165, 1.54) is 12.7 Å². The number of anilines is 1. The molecule has 8 heteroatoms. The molecule has 0 bridgehead atoms. The number of carbonyl (C=O) groups excluding carboxylic acids is 2. The van der Waals surface area contributed by atoms with Crippen molar-refractivity contribution in [3.05, 3.63) is 23.8 Å². The first-order valence-corrected chi connectivity index (χ1v) is 15.7. The van der Waals surface area contributed by atoms with Crippen LogP contribution in [0.4, 0.5) is 5.69 Å². The van der Waals surface area contributed by atoms with E-state index in [0.29, 0.717) is 19.4 Å². The number of likely N-dealkylation sites (N-methyl/N-ethyl adjacent to an activating group) is 1. The predicted molar refractivity (Wildman–Crippen MR) is 138 cm³/mol. The number of esters is 1. The molecule has 5 rings (SSSR count). The van der Waals surface area contributed by atoms with Gasteiger partial charge in [-0.25, -0.2) is 4.79 Å². The lowest BCUT2D eigenvalue weighted by Crippen LogP contribution is -2.75. The van der Waals surface area contributed by atoms with Crippen molar-refractivity contribution >= 4 is 25.8 Å². The first-order chi connectivity index (χ1) is 16.3. The van der Waals surface area contributed by atoms with Crippen molar-refractivity contribution < 1.29 is 23.5 Å². The van der Waals surface area contributed by atoms with E-state index in [2.05, 4.69) is 62.8 Å². The lowest BCUT2D eigenvalue weighted by Gasteiger charge is -2.60. The molecular formula is C27H40N2O5Si. The summed E-state index contributed by atoms with van der Waals surface area (Å²) in [4.78, 5) is 31.5. The molecule has 4 aliphatic rings. The van der Waals surface area contributed by atoms with Crippen LogP contribution in [-0.2, 0) is 24.2 Å². The Morgan fingerprint density at radius 2 is 1.91 bits per heavy atom. The summed E-state index contributed by atoms with van der Waals surface area (Å²) >= 11 is 0. The minimum Gasteiger partial charge on any atom is -0.497 e. The molecule has 0 amide bonds. The molecule has 2 saturated heterocycles. The molecule has 1 aromatic carbocycles. The number of ketones is 1. The molecule has 0 aromatic heterocycles. The molecule has 5 atom stereocenters. The zero-order valence-corrected chi connectivity index (χ0v) is 23.4. The Hall–Kier alpha value is -1.90. The minimum absolute atomic E-state index is 0.0420. The second-order valence-corrected chi connectivity index (χ2v) is 17.3. The van der Waals surface area contributed by atoms with Crippen LogP contribution in [0.5, 0.6) is 5.75 Å². The number of benzene rings is 1. The summed E-state index contributed by atoms with van der Waals surface area (Å²) < 4.78 is 18.4. The fourth-order valence-corrected chi connectivity index (χ4v) is 9.11. The van der Waals surface area contributed by atoms with Crippen molar-refractivity contribution in [2.75, 3.05) is 39.3 Å². The molecule has 7 nitrogen and oxygen atoms in total. The average Bonchev–Trinajstić information content (AvgIpc) is 3.28.